The van der Waals surface area contributed by atoms with E-state index < -0.39 is 6.10 Å². The van der Waals surface area contributed by atoms with Gasteiger partial charge < -0.3 is 20.5 Å². The summed E-state index contributed by atoms with van der Waals surface area (Å²) in [4.78, 5) is 12.9. The van der Waals surface area contributed by atoms with Crippen LogP contribution in [0.3, 0.4) is 0 Å². The monoisotopic (exact) mass is 320 g/mol. The lowest BCUT2D eigenvalue weighted by Crippen LogP contribution is -2.38. The van der Waals surface area contributed by atoms with Crippen molar-refractivity contribution in [3.63, 3.8) is 0 Å². The summed E-state index contributed by atoms with van der Waals surface area (Å²) in [5.41, 5.74) is 0.707. The number of benzene rings is 1. The Morgan fingerprint density at radius 1 is 1.32 bits per heavy atom. The van der Waals surface area contributed by atoms with Gasteiger partial charge in [-0.15, -0.1) is 11.3 Å². The predicted molar refractivity (Wildman–Crippen MR) is 87.4 cm³/mol. The number of carbonyl (C=O) groups is 1. The number of methoxy groups -OCH3 is 1. The van der Waals surface area contributed by atoms with E-state index in [-0.39, 0.29) is 12.6 Å². The number of amides is 2. The highest BCUT2D eigenvalue weighted by atomic mass is 32.1. The summed E-state index contributed by atoms with van der Waals surface area (Å²) in [5, 5.41) is 17.5. The molecule has 1 unspecified atom stereocenters. The predicted octanol–water partition coefficient (Wildman–Crippen LogP) is 2.33. The van der Waals surface area contributed by atoms with Gasteiger partial charge >= 0.3 is 6.03 Å². The van der Waals surface area contributed by atoms with E-state index in [0.29, 0.717) is 17.9 Å². The highest BCUT2D eigenvalue weighted by Gasteiger charge is 2.10. The number of hydrogen-bond donors (Lipinski definition) is 3. The van der Waals surface area contributed by atoms with Crippen LogP contribution in [0.4, 0.5) is 4.79 Å². The Morgan fingerprint density at radius 3 is 2.91 bits per heavy atom. The van der Waals surface area contributed by atoms with E-state index in [0.717, 1.165) is 6.42 Å². The molecule has 1 aromatic carbocycles. The van der Waals surface area contributed by atoms with Crippen LogP contribution in [0.15, 0.2) is 41.8 Å². The third kappa shape index (κ3) is 5.05. The molecule has 6 heteroatoms. The van der Waals surface area contributed by atoms with Crippen molar-refractivity contribution >= 4 is 17.4 Å². The van der Waals surface area contributed by atoms with Gasteiger partial charge in [-0.05, 0) is 35.6 Å². The van der Waals surface area contributed by atoms with Crippen molar-refractivity contribution in [1.82, 2.24) is 10.6 Å². The first-order valence-corrected chi connectivity index (χ1v) is 7.93. The summed E-state index contributed by atoms with van der Waals surface area (Å²) >= 11 is 1.67. The zero-order chi connectivity index (χ0) is 15.8. The van der Waals surface area contributed by atoms with Crippen molar-refractivity contribution in [1.29, 1.82) is 0 Å². The van der Waals surface area contributed by atoms with E-state index in [9.17, 15) is 9.90 Å². The molecule has 1 aromatic heterocycles. The minimum Gasteiger partial charge on any atom is -0.497 e. The maximum absolute atomic E-state index is 11.7. The van der Waals surface area contributed by atoms with E-state index >= 15 is 0 Å². The zero-order valence-electron chi connectivity index (χ0n) is 12.4. The standard InChI is InChI=1S/C16H20N2O3S/c1-21-13-5-2-4-12(10-13)15(19)11-18-16(20)17-8-7-14-6-3-9-22-14/h2-6,9-10,15,19H,7-8,11H2,1H3,(H2,17,18,20). The molecule has 0 aliphatic rings. The average Bonchev–Trinajstić information content (AvgIpc) is 3.06. The van der Waals surface area contributed by atoms with Crippen molar-refractivity contribution in [2.75, 3.05) is 20.2 Å². The van der Waals surface area contributed by atoms with Gasteiger partial charge in [0.05, 0.1) is 13.2 Å². The quantitative estimate of drug-likeness (QED) is 0.733. The molecule has 0 spiro atoms. The van der Waals surface area contributed by atoms with Gasteiger partial charge in [0.2, 0.25) is 0 Å². The van der Waals surface area contributed by atoms with Gasteiger partial charge in [-0.3, -0.25) is 0 Å². The van der Waals surface area contributed by atoms with E-state index in [1.807, 2.05) is 17.5 Å². The van der Waals surface area contributed by atoms with Crippen LogP contribution in [0.5, 0.6) is 5.75 Å². The molecule has 5 nitrogen and oxygen atoms in total. The van der Waals surface area contributed by atoms with Gasteiger partial charge in [0.15, 0.2) is 0 Å². The molecule has 3 N–H and O–H groups in total. The molecule has 0 saturated heterocycles. The van der Waals surface area contributed by atoms with Crippen LogP contribution in [0.2, 0.25) is 0 Å². The number of aliphatic hydroxyl groups is 1. The summed E-state index contributed by atoms with van der Waals surface area (Å²) in [6, 6.07) is 10.9. The summed E-state index contributed by atoms with van der Waals surface area (Å²) in [7, 11) is 1.57. The molecule has 118 valence electrons. The minimum absolute atomic E-state index is 0.151. The van der Waals surface area contributed by atoms with Crippen LogP contribution in [0.1, 0.15) is 16.5 Å². The molecule has 2 rings (SSSR count). The van der Waals surface area contributed by atoms with Crippen LogP contribution in [-0.2, 0) is 6.42 Å². The lowest BCUT2D eigenvalue weighted by Gasteiger charge is -2.13. The first-order chi connectivity index (χ1) is 10.7. The highest BCUT2D eigenvalue weighted by molar-refractivity contribution is 7.09. The molecule has 22 heavy (non-hydrogen) atoms. The smallest absolute Gasteiger partial charge is 0.314 e. The van der Waals surface area contributed by atoms with E-state index in [1.54, 1.807) is 42.7 Å². The molecule has 0 aliphatic carbocycles. The Labute approximate surface area is 133 Å². The Hall–Kier alpha value is -2.05. The summed E-state index contributed by atoms with van der Waals surface area (Å²) in [6.45, 7) is 0.722. The van der Waals surface area contributed by atoms with Gasteiger partial charge in [-0.2, -0.15) is 0 Å². The second kappa shape index (κ2) is 8.41. The average molecular weight is 320 g/mol. The third-order valence-electron chi connectivity index (χ3n) is 3.17. The number of rotatable bonds is 7. The third-order valence-corrected chi connectivity index (χ3v) is 4.11. The van der Waals surface area contributed by atoms with Crippen LogP contribution < -0.4 is 15.4 Å². The van der Waals surface area contributed by atoms with Crippen molar-refractivity contribution in [3.8, 4) is 5.75 Å². The molecule has 2 aromatic rings. The van der Waals surface area contributed by atoms with E-state index in [2.05, 4.69) is 10.6 Å². The molecule has 0 radical (unpaired) electrons. The fraction of sp³-hybridized carbons (Fsp3) is 0.312. The van der Waals surface area contributed by atoms with Crippen LogP contribution in [0, 0.1) is 0 Å². The second-order valence-electron chi connectivity index (χ2n) is 4.76. The molecule has 1 heterocycles. The molecule has 2 amide bonds. The van der Waals surface area contributed by atoms with Gasteiger partial charge in [0, 0.05) is 18.0 Å². The van der Waals surface area contributed by atoms with Crippen molar-refractivity contribution in [2.45, 2.75) is 12.5 Å². The molecule has 0 fully saturated rings. The number of aliphatic hydroxyl groups excluding tert-OH is 1. The van der Waals surface area contributed by atoms with Crippen LogP contribution >= 0.6 is 11.3 Å². The SMILES string of the molecule is COc1cccc(C(O)CNC(=O)NCCc2cccs2)c1. The van der Waals surface area contributed by atoms with Crippen molar-refractivity contribution in [3.05, 3.63) is 52.2 Å². The Balaban J connectivity index is 1.70. The maximum atomic E-state index is 11.7. The van der Waals surface area contributed by atoms with Gasteiger partial charge in [0.25, 0.3) is 0 Å². The summed E-state index contributed by atoms with van der Waals surface area (Å²) in [6.07, 6.45) is 0.0434. The fourth-order valence-electron chi connectivity index (χ4n) is 1.97. The summed E-state index contributed by atoms with van der Waals surface area (Å²) in [5.74, 6) is 0.678. The van der Waals surface area contributed by atoms with E-state index in [4.69, 9.17) is 4.74 Å². The lowest BCUT2D eigenvalue weighted by atomic mass is 10.1. The number of carbonyl (C=O) groups excluding carboxylic acids is 1. The maximum Gasteiger partial charge on any atom is 0.314 e. The summed E-state index contributed by atoms with van der Waals surface area (Å²) < 4.78 is 5.11. The highest BCUT2D eigenvalue weighted by Crippen LogP contribution is 2.18. The number of ether oxygens (including phenoxy) is 1. The number of hydrogen-bond acceptors (Lipinski definition) is 4. The molecular formula is C16H20N2O3S. The van der Waals surface area contributed by atoms with E-state index in [1.165, 1.54) is 4.88 Å². The van der Waals surface area contributed by atoms with Crippen molar-refractivity contribution in [2.24, 2.45) is 0 Å². The molecular weight excluding hydrogens is 300 g/mol. The Morgan fingerprint density at radius 2 is 2.18 bits per heavy atom. The molecule has 0 bridgehead atoms. The largest absolute Gasteiger partial charge is 0.497 e. The van der Waals surface area contributed by atoms with Gasteiger partial charge in [0.1, 0.15) is 5.75 Å². The topological polar surface area (TPSA) is 70.6 Å². The first-order valence-electron chi connectivity index (χ1n) is 7.05. The number of urea groups is 1. The van der Waals surface area contributed by atoms with Gasteiger partial charge in [-0.1, -0.05) is 18.2 Å². The van der Waals surface area contributed by atoms with Crippen LogP contribution in [-0.4, -0.2) is 31.3 Å². The zero-order valence-corrected chi connectivity index (χ0v) is 13.2. The van der Waals surface area contributed by atoms with Crippen molar-refractivity contribution < 1.29 is 14.6 Å². The number of nitrogens with one attached hydrogen (secondary N) is 2. The molecule has 0 aliphatic heterocycles. The first kappa shape index (κ1) is 16.3. The normalized spacial score (nSPS) is 11.7. The number of thiophene rings is 1. The molecule has 0 saturated carbocycles. The fourth-order valence-corrected chi connectivity index (χ4v) is 2.68. The second-order valence-corrected chi connectivity index (χ2v) is 5.79. The van der Waals surface area contributed by atoms with Gasteiger partial charge in [-0.25, -0.2) is 4.79 Å². The Bertz CT molecular complexity index is 587. The minimum atomic E-state index is -0.766. The lowest BCUT2D eigenvalue weighted by molar-refractivity contribution is 0.173. The van der Waals surface area contributed by atoms with Crippen LogP contribution in [0.25, 0.3) is 0 Å². The molecule has 1 atom stereocenters. The Kier molecular flexibility index (Phi) is 6.24.